The number of halogens is 5. The number of hydrogen-bond acceptors (Lipinski definition) is 1. The summed E-state index contributed by atoms with van der Waals surface area (Å²) in [6.07, 6.45) is -5.00. The van der Waals surface area contributed by atoms with Gasteiger partial charge in [0.15, 0.2) is 0 Å². The van der Waals surface area contributed by atoms with Crippen molar-refractivity contribution in [2.45, 2.75) is 6.36 Å². The summed E-state index contributed by atoms with van der Waals surface area (Å²) in [6.45, 7) is 0. The molecule has 0 fully saturated rings. The molecule has 0 spiro atoms. The maximum absolute atomic E-state index is 9.91. The molecule has 11 heteroatoms. The summed E-state index contributed by atoms with van der Waals surface area (Å²) >= 11 is 2.15. The summed E-state index contributed by atoms with van der Waals surface area (Å²) < 4.78 is 29.7. The summed E-state index contributed by atoms with van der Waals surface area (Å²) in [5, 5.41) is 6.52. The molecule has 0 atom stereocenters. The molecule has 0 rings (SSSR count). The van der Waals surface area contributed by atoms with Crippen LogP contribution in [0.5, 0.6) is 0 Å². The van der Waals surface area contributed by atoms with Crippen LogP contribution in [0, 0.1) is 0 Å². The average molecular weight is 506 g/mol. The van der Waals surface area contributed by atoms with Gasteiger partial charge in [-0.1, -0.05) is 22.6 Å². The number of aliphatic hydroxyl groups is 1. The van der Waals surface area contributed by atoms with Crippen molar-refractivity contribution in [1.82, 2.24) is 0 Å². The van der Waals surface area contributed by atoms with E-state index < -0.39 is 6.36 Å². The Morgan fingerprint density at radius 3 is 0.923 bits per heavy atom. The average Bonchev–Trinajstić information content (AvgIpc) is 1.36. The van der Waals surface area contributed by atoms with E-state index in [0.717, 1.165) is 0 Å². The molecule has 0 aromatic carbocycles. The molecular weight excluding hydrogens is 495 g/mol. The molecule has 7 N–H and O–H groups in total. The summed E-state index contributed by atoms with van der Waals surface area (Å²) in [7, 11) is 0. The minimum Gasteiger partial charge on any atom is -0.412 e. The van der Waals surface area contributed by atoms with Crippen LogP contribution < -0.4 is 0 Å². The van der Waals surface area contributed by atoms with Gasteiger partial charge in [-0.25, -0.2) is 0 Å². The second-order valence-corrected chi connectivity index (χ2v) is 0.468. The van der Waals surface area contributed by atoms with Crippen LogP contribution in [0.2, 0.25) is 0 Å². The first-order valence-corrected chi connectivity index (χ1v) is 3.33. The Bertz CT molecular complexity index is 44.9. The number of rotatable bonds is 0. The van der Waals surface area contributed by atoms with Gasteiger partial charge >= 0.3 is 6.36 Å². The molecule has 0 aromatic rings. The molecule has 4 nitrogen and oxygen atoms in total. The van der Waals surface area contributed by atoms with E-state index in [0.29, 0.717) is 0 Å². The Kier molecular flexibility index (Phi) is 163. The first-order valence-electron chi connectivity index (χ1n) is 1.17. The molecule has 0 aliphatic carbocycles. The van der Waals surface area contributed by atoms with Crippen LogP contribution in [0.1, 0.15) is 0 Å². The van der Waals surface area contributed by atoms with Gasteiger partial charge in [0.2, 0.25) is 0 Å². The van der Waals surface area contributed by atoms with E-state index >= 15 is 0 Å². The minimum atomic E-state index is -5.00. The van der Waals surface area contributed by atoms with E-state index in [-0.39, 0.29) is 83.8 Å². The van der Waals surface area contributed by atoms with Crippen molar-refractivity contribution < 1.29 is 78.1 Å². The van der Waals surface area contributed by atoms with Crippen LogP contribution in [-0.2, 0) is 43.4 Å². The topological polar surface area (TPSA) is 115 Å². The SMILES string of the molecule is CI.I.O.O.O.OC(F)(F)F.[Ti].[Ti]. The molecule has 0 saturated carbocycles. The third-order valence-corrected chi connectivity index (χ3v) is 0. The molecule has 0 aliphatic rings. The maximum Gasteiger partial charge on any atom is 0.519 e. The fraction of sp³-hybridized carbons (Fsp3) is 1.00. The second-order valence-electron chi connectivity index (χ2n) is 0.468. The minimum absolute atomic E-state index is 0. The van der Waals surface area contributed by atoms with E-state index in [2.05, 4.69) is 22.6 Å². The molecule has 0 heterocycles. The summed E-state index contributed by atoms with van der Waals surface area (Å²) in [4.78, 5) is 1.97. The van der Waals surface area contributed by atoms with Crippen LogP contribution in [0.15, 0.2) is 0 Å². The molecule has 0 bridgehead atoms. The standard InChI is InChI=1S/CHF3O.CH3I.HI.3H2O.2Ti/c2-1(3,4)5;1-2;;;;;;/h5H;1H3;1H;3*1H2;;. The zero-order valence-corrected chi connectivity index (χ0v) is 14.0. The van der Waals surface area contributed by atoms with Crippen LogP contribution in [0.3, 0.4) is 0 Å². The van der Waals surface area contributed by atoms with Gasteiger partial charge in [0.25, 0.3) is 0 Å². The molecular formula is C2H11F3I2O4Ti2. The molecule has 0 saturated heterocycles. The van der Waals surface area contributed by atoms with Crippen molar-refractivity contribution in [2.24, 2.45) is 0 Å². The Balaban J connectivity index is -0.00000000492. The van der Waals surface area contributed by atoms with Gasteiger partial charge < -0.3 is 21.5 Å². The van der Waals surface area contributed by atoms with Gasteiger partial charge in [0.1, 0.15) is 0 Å². The van der Waals surface area contributed by atoms with Gasteiger partial charge in [0.05, 0.1) is 0 Å². The maximum atomic E-state index is 9.91. The molecule has 0 aromatic heterocycles. The molecule has 86 valence electrons. The number of alkyl halides is 4. The Labute approximate surface area is 134 Å². The zero-order valence-electron chi connectivity index (χ0n) is 6.37. The van der Waals surface area contributed by atoms with Gasteiger partial charge in [-0.15, -0.1) is 37.1 Å². The van der Waals surface area contributed by atoms with Crippen LogP contribution in [0.25, 0.3) is 0 Å². The van der Waals surface area contributed by atoms with E-state index in [9.17, 15) is 13.2 Å². The van der Waals surface area contributed by atoms with Crippen molar-refractivity contribution in [3.63, 3.8) is 0 Å². The molecule has 13 heavy (non-hydrogen) atoms. The summed E-state index contributed by atoms with van der Waals surface area (Å²) in [6, 6.07) is 0. The van der Waals surface area contributed by atoms with Crippen LogP contribution in [0.4, 0.5) is 13.2 Å². The molecule has 0 unspecified atom stereocenters. The van der Waals surface area contributed by atoms with E-state index in [4.69, 9.17) is 5.11 Å². The smallest absolute Gasteiger partial charge is 0.412 e. The third-order valence-electron chi connectivity index (χ3n) is 0. The van der Waals surface area contributed by atoms with Gasteiger partial charge in [-0.2, -0.15) is 0 Å². The van der Waals surface area contributed by atoms with Crippen LogP contribution in [-0.4, -0.2) is 32.8 Å². The Morgan fingerprint density at radius 1 is 0.923 bits per heavy atom. The predicted molar refractivity (Wildman–Crippen MR) is 54.5 cm³/mol. The Hall–Kier alpha value is 2.52. The van der Waals surface area contributed by atoms with Crippen molar-refractivity contribution in [1.29, 1.82) is 0 Å². The Morgan fingerprint density at radius 2 is 0.923 bits per heavy atom. The fourth-order valence-corrected chi connectivity index (χ4v) is 0. The summed E-state index contributed by atoms with van der Waals surface area (Å²) in [5.74, 6) is 0. The van der Waals surface area contributed by atoms with E-state index in [1.165, 1.54) is 0 Å². The monoisotopic (exact) mass is 506 g/mol. The second kappa shape index (κ2) is 36.6. The normalized spacial score (nSPS) is 5.08. The van der Waals surface area contributed by atoms with Crippen LogP contribution >= 0.6 is 46.6 Å². The quantitative estimate of drug-likeness (QED) is 0.272. The van der Waals surface area contributed by atoms with E-state index in [1.54, 1.807) is 0 Å². The van der Waals surface area contributed by atoms with E-state index in [1.807, 2.05) is 4.93 Å². The van der Waals surface area contributed by atoms with Crippen molar-refractivity contribution in [3.8, 4) is 0 Å². The molecule has 0 aliphatic heterocycles. The zero-order chi connectivity index (χ0) is 6.50. The first-order chi connectivity index (χ1) is 3.00. The van der Waals surface area contributed by atoms with Crippen molar-refractivity contribution >= 4 is 46.6 Å². The molecule has 0 amide bonds. The van der Waals surface area contributed by atoms with Crippen molar-refractivity contribution in [2.75, 3.05) is 4.93 Å². The number of hydrogen-bond donors (Lipinski definition) is 1. The van der Waals surface area contributed by atoms with Gasteiger partial charge in [0, 0.05) is 43.4 Å². The summed E-state index contributed by atoms with van der Waals surface area (Å²) in [5.41, 5.74) is 0. The largest absolute Gasteiger partial charge is 0.519 e. The van der Waals surface area contributed by atoms with Gasteiger partial charge in [-0.05, 0) is 4.93 Å². The van der Waals surface area contributed by atoms with Crippen molar-refractivity contribution in [3.05, 3.63) is 0 Å². The van der Waals surface area contributed by atoms with Gasteiger partial charge in [-0.3, -0.25) is 0 Å². The fourth-order valence-electron chi connectivity index (χ4n) is 0. The third kappa shape index (κ3) is 359. The molecule has 0 radical (unpaired) electrons. The predicted octanol–water partition coefficient (Wildman–Crippen LogP) is -0.311. The first kappa shape index (κ1) is 57.9.